The summed E-state index contributed by atoms with van der Waals surface area (Å²) in [4.78, 5) is 1.56. The van der Waals surface area contributed by atoms with Crippen LogP contribution in [0.3, 0.4) is 0 Å². The third-order valence-electron chi connectivity index (χ3n) is 2.59. The Morgan fingerprint density at radius 1 is 1.41 bits per heavy atom. The highest BCUT2D eigenvalue weighted by molar-refractivity contribution is 5.10. The van der Waals surface area contributed by atoms with Gasteiger partial charge in [-0.05, 0) is 26.1 Å². The first-order chi connectivity index (χ1) is 7.83. The van der Waals surface area contributed by atoms with Crippen molar-refractivity contribution in [3.8, 4) is 0 Å². The minimum absolute atomic E-state index is 0.0921. The van der Waals surface area contributed by atoms with Crippen LogP contribution in [0, 0.1) is 6.92 Å². The number of rotatable bonds is 5. The quantitative estimate of drug-likeness (QED) is 0.873. The summed E-state index contributed by atoms with van der Waals surface area (Å²) < 4.78 is 41.7. The van der Waals surface area contributed by atoms with Crippen LogP contribution in [-0.2, 0) is 0 Å². The van der Waals surface area contributed by atoms with E-state index in [9.17, 15) is 13.2 Å². The van der Waals surface area contributed by atoms with E-state index in [1.807, 2.05) is 0 Å². The van der Waals surface area contributed by atoms with Crippen LogP contribution in [0.1, 0.15) is 24.0 Å². The Bertz CT molecular complexity index is 349. The van der Waals surface area contributed by atoms with Gasteiger partial charge in [0.25, 0.3) is 0 Å². The molecule has 0 aliphatic rings. The zero-order chi connectivity index (χ0) is 13.1. The van der Waals surface area contributed by atoms with Crippen molar-refractivity contribution >= 4 is 0 Å². The van der Waals surface area contributed by atoms with E-state index < -0.39 is 12.6 Å². The highest BCUT2D eigenvalue weighted by atomic mass is 19.4. The Hall–Kier alpha value is -1.01. The molecule has 0 aliphatic carbocycles. The minimum Gasteiger partial charge on any atom is -0.465 e. The van der Waals surface area contributed by atoms with Gasteiger partial charge in [-0.15, -0.1) is 0 Å². The Labute approximate surface area is 98.4 Å². The van der Waals surface area contributed by atoms with Gasteiger partial charge in [0.1, 0.15) is 11.5 Å². The van der Waals surface area contributed by atoms with Gasteiger partial charge in [0.2, 0.25) is 0 Å². The lowest BCUT2D eigenvalue weighted by molar-refractivity contribution is -0.138. The van der Waals surface area contributed by atoms with Crippen LogP contribution in [0.2, 0.25) is 0 Å². The van der Waals surface area contributed by atoms with Crippen LogP contribution >= 0.6 is 0 Å². The molecular formula is C11H17F3N2O. The van der Waals surface area contributed by atoms with E-state index in [1.54, 1.807) is 31.0 Å². The zero-order valence-electron chi connectivity index (χ0n) is 9.92. The summed E-state index contributed by atoms with van der Waals surface area (Å²) in [6.07, 6.45) is -4.99. The van der Waals surface area contributed by atoms with Gasteiger partial charge in [0, 0.05) is 13.1 Å². The summed E-state index contributed by atoms with van der Waals surface area (Å²) >= 11 is 0. The number of alkyl halides is 3. The first-order valence-electron chi connectivity index (χ1n) is 5.37. The lowest BCUT2D eigenvalue weighted by atomic mass is 10.2. The van der Waals surface area contributed by atoms with Crippen molar-refractivity contribution in [2.45, 2.75) is 25.6 Å². The van der Waals surface area contributed by atoms with Gasteiger partial charge in [-0.2, -0.15) is 13.2 Å². The lowest BCUT2D eigenvalue weighted by Gasteiger charge is -2.25. The molecule has 0 aromatic carbocycles. The van der Waals surface area contributed by atoms with Gasteiger partial charge in [-0.25, -0.2) is 0 Å². The summed E-state index contributed by atoms with van der Waals surface area (Å²) in [5.74, 6) is 1.33. The molecule has 0 saturated carbocycles. The maximum atomic E-state index is 12.1. The first kappa shape index (κ1) is 14.1. The number of nitrogens with two attached hydrogens (primary N) is 1. The molecule has 0 saturated heterocycles. The zero-order valence-corrected chi connectivity index (χ0v) is 9.92. The summed E-state index contributed by atoms with van der Waals surface area (Å²) in [5, 5.41) is 0. The fourth-order valence-electron chi connectivity index (χ4n) is 1.60. The van der Waals surface area contributed by atoms with Crippen molar-refractivity contribution in [3.05, 3.63) is 23.7 Å². The number of aryl methyl sites for hydroxylation is 1. The van der Waals surface area contributed by atoms with E-state index in [0.29, 0.717) is 5.76 Å². The predicted molar refractivity (Wildman–Crippen MR) is 58.5 cm³/mol. The Kier molecular flexibility index (Phi) is 4.59. The van der Waals surface area contributed by atoms with Crippen LogP contribution in [0.5, 0.6) is 0 Å². The van der Waals surface area contributed by atoms with E-state index in [1.165, 1.54) is 0 Å². The molecule has 2 N–H and O–H groups in total. The van der Waals surface area contributed by atoms with Gasteiger partial charge >= 0.3 is 6.18 Å². The summed E-state index contributed by atoms with van der Waals surface area (Å²) in [6, 6.07) is 3.21. The van der Waals surface area contributed by atoms with Crippen LogP contribution in [-0.4, -0.2) is 31.2 Å². The van der Waals surface area contributed by atoms with Crippen molar-refractivity contribution in [2.75, 3.05) is 20.1 Å². The third-order valence-corrected chi connectivity index (χ3v) is 2.59. The van der Waals surface area contributed by atoms with E-state index in [2.05, 4.69) is 0 Å². The summed E-state index contributed by atoms with van der Waals surface area (Å²) in [5.41, 5.74) is 5.57. The average Bonchev–Trinajstić information content (AvgIpc) is 2.62. The molecule has 1 heterocycles. The number of hydrogen-bond donors (Lipinski definition) is 1. The molecule has 0 fully saturated rings. The Balaban J connectivity index is 2.61. The van der Waals surface area contributed by atoms with Crippen LogP contribution in [0.25, 0.3) is 0 Å². The van der Waals surface area contributed by atoms with Gasteiger partial charge in [-0.3, -0.25) is 4.90 Å². The molecule has 1 unspecified atom stereocenters. The molecule has 0 spiro atoms. The normalized spacial score (nSPS) is 14.3. The highest BCUT2D eigenvalue weighted by Crippen LogP contribution is 2.24. The number of likely N-dealkylation sites (N-methyl/N-ethyl adjacent to an activating group) is 1. The minimum atomic E-state index is -4.15. The second kappa shape index (κ2) is 5.55. The van der Waals surface area contributed by atoms with E-state index in [4.69, 9.17) is 10.2 Å². The smallest absolute Gasteiger partial charge is 0.390 e. The summed E-state index contributed by atoms with van der Waals surface area (Å²) in [7, 11) is 1.61. The van der Waals surface area contributed by atoms with E-state index in [0.717, 1.165) is 5.76 Å². The topological polar surface area (TPSA) is 42.4 Å². The summed E-state index contributed by atoms with van der Waals surface area (Å²) in [6.45, 7) is 1.92. The van der Waals surface area contributed by atoms with Gasteiger partial charge in [0.05, 0.1) is 12.5 Å². The van der Waals surface area contributed by atoms with Crippen molar-refractivity contribution in [3.63, 3.8) is 0 Å². The molecule has 0 bridgehead atoms. The van der Waals surface area contributed by atoms with Gasteiger partial charge in [0.15, 0.2) is 0 Å². The van der Waals surface area contributed by atoms with E-state index in [-0.39, 0.29) is 19.1 Å². The van der Waals surface area contributed by atoms with Crippen molar-refractivity contribution in [1.29, 1.82) is 0 Å². The Morgan fingerprint density at radius 3 is 2.47 bits per heavy atom. The average molecular weight is 250 g/mol. The molecule has 98 valence electrons. The lowest BCUT2D eigenvalue weighted by Crippen LogP contribution is -2.33. The van der Waals surface area contributed by atoms with Crippen LogP contribution < -0.4 is 5.73 Å². The van der Waals surface area contributed by atoms with Crippen LogP contribution in [0.4, 0.5) is 13.2 Å². The molecule has 1 rings (SSSR count). The fraction of sp³-hybridized carbons (Fsp3) is 0.636. The monoisotopic (exact) mass is 250 g/mol. The molecule has 6 heteroatoms. The SMILES string of the molecule is Cc1ccc(C(CN)N(C)CCC(F)(F)F)o1. The predicted octanol–water partition coefficient (Wildman–Crippen LogP) is 2.47. The maximum Gasteiger partial charge on any atom is 0.390 e. The molecule has 1 aromatic heterocycles. The van der Waals surface area contributed by atoms with Gasteiger partial charge < -0.3 is 10.2 Å². The molecule has 17 heavy (non-hydrogen) atoms. The number of hydrogen-bond acceptors (Lipinski definition) is 3. The third kappa shape index (κ3) is 4.40. The Morgan fingerprint density at radius 2 is 2.06 bits per heavy atom. The molecular weight excluding hydrogens is 233 g/mol. The van der Waals surface area contributed by atoms with Crippen LogP contribution in [0.15, 0.2) is 16.5 Å². The number of furan rings is 1. The molecule has 1 aromatic rings. The second-order valence-electron chi connectivity index (χ2n) is 4.05. The van der Waals surface area contributed by atoms with Crippen molar-refractivity contribution < 1.29 is 17.6 Å². The van der Waals surface area contributed by atoms with Crippen molar-refractivity contribution in [2.24, 2.45) is 5.73 Å². The highest BCUT2D eigenvalue weighted by Gasteiger charge is 2.29. The number of halogens is 3. The largest absolute Gasteiger partial charge is 0.465 e. The maximum absolute atomic E-state index is 12.1. The van der Waals surface area contributed by atoms with Gasteiger partial charge in [-0.1, -0.05) is 0 Å². The fourth-order valence-corrected chi connectivity index (χ4v) is 1.60. The molecule has 0 radical (unpaired) electrons. The molecule has 0 aliphatic heterocycles. The molecule has 0 amide bonds. The van der Waals surface area contributed by atoms with Crippen molar-refractivity contribution in [1.82, 2.24) is 4.90 Å². The number of nitrogens with zero attached hydrogens (tertiary/aromatic N) is 1. The van der Waals surface area contributed by atoms with E-state index >= 15 is 0 Å². The molecule has 1 atom stereocenters. The standard InChI is InChI=1S/C11H17F3N2O/c1-8-3-4-10(17-8)9(7-15)16(2)6-5-11(12,13)14/h3-4,9H,5-7,15H2,1-2H3. The molecule has 3 nitrogen and oxygen atoms in total. The second-order valence-corrected chi connectivity index (χ2v) is 4.05. The first-order valence-corrected chi connectivity index (χ1v) is 5.37.